The summed E-state index contributed by atoms with van der Waals surface area (Å²) in [4.78, 5) is 20.8. The van der Waals surface area contributed by atoms with Crippen LogP contribution in [0.4, 0.5) is 14.7 Å². The Morgan fingerprint density at radius 3 is 2.36 bits per heavy atom. The second-order valence-electron chi connectivity index (χ2n) is 7.56. The highest BCUT2D eigenvalue weighted by atomic mass is 35.5. The molecule has 0 aliphatic heterocycles. The Balaban J connectivity index is 2.46. The van der Waals surface area contributed by atoms with E-state index >= 15 is 0 Å². The second-order valence-corrected chi connectivity index (χ2v) is 8.32. The van der Waals surface area contributed by atoms with E-state index in [2.05, 4.69) is 15.3 Å². The summed E-state index contributed by atoms with van der Waals surface area (Å²) in [5.41, 5.74) is -1.02. The zero-order valence-corrected chi connectivity index (χ0v) is 16.1. The topological polar surface area (TPSA) is 59.8 Å². The largest absolute Gasteiger partial charge is 0.296 e. The minimum Gasteiger partial charge on any atom is -0.296 e. The number of halogens is 4. The molecule has 0 atom stereocenters. The Morgan fingerprint density at radius 2 is 1.84 bits per heavy atom. The summed E-state index contributed by atoms with van der Waals surface area (Å²) in [5, 5.41) is 2.97. The van der Waals surface area contributed by atoms with Crippen molar-refractivity contribution < 1.29 is 13.6 Å². The van der Waals surface area contributed by atoms with Crippen molar-refractivity contribution in [3.8, 4) is 0 Å². The minimum absolute atomic E-state index is 0.122. The lowest BCUT2D eigenvalue weighted by Crippen LogP contribution is -2.31. The third-order valence-corrected chi connectivity index (χ3v) is 4.35. The summed E-state index contributed by atoms with van der Waals surface area (Å²) in [6.45, 7) is 8.38. The van der Waals surface area contributed by atoms with Gasteiger partial charge in [-0.05, 0) is 26.8 Å². The van der Waals surface area contributed by atoms with E-state index in [4.69, 9.17) is 23.2 Å². The van der Waals surface area contributed by atoms with Crippen molar-refractivity contribution in [2.75, 3.05) is 5.32 Å². The van der Waals surface area contributed by atoms with E-state index in [1.54, 1.807) is 10.6 Å². The summed E-state index contributed by atoms with van der Waals surface area (Å²) in [7, 11) is 0. The predicted octanol–water partition coefficient (Wildman–Crippen LogP) is 5.11. The van der Waals surface area contributed by atoms with Crippen molar-refractivity contribution in [3.63, 3.8) is 0 Å². The smallest absolute Gasteiger partial charge is 0.244 e. The first-order chi connectivity index (χ1) is 11.3. The molecule has 0 fully saturated rings. The predicted molar refractivity (Wildman–Crippen MR) is 95.6 cm³/mol. The molecule has 0 unspecified atom stereocenters. The molecule has 9 heteroatoms. The van der Waals surface area contributed by atoms with Crippen molar-refractivity contribution in [1.29, 1.82) is 0 Å². The van der Waals surface area contributed by atoms with Gasteiger partial charge in [0.25, 0.3) is 0 Å². The van der Waals surface area contributed by atoms with Crippen LogP contribution in [0.2, 0.25) is 10.2 Å². The molecule has 2 aromatic heterocycles. The summed E-state index contributed by atoms with van der Waals surface area (Å²) >= 11 is 12.0. The van der Waals surface area contributed by atoms with Gasteiger partial charge in [0.15, 0.2) is 5.65 Å². The fourth-order valence-corrected chi connectivity index (χ4v) is 2.62. The van der Waals surface area contributed by atoms with E-state index in [-0.39, 0.29) is 22.5 Å². The summed E-state index contributed by atoms with van der Waals surface area (Å²) < 4.78 is 27.7. The molecule has 0 aliphatic rings. The Bertz CT molecular complexity index is 813. The number of aromatic nitrogens is 3. The Hall–Kier alpha value is -1.47. The van der Waals surface area contributed by atoms with Crippen molar-refractivity contribution in [1.82, 2.24) is 14.5 Å². The van der Waals surface area contributed by atoms with Crippen LogP contribution in [0.25, 0.3) is 11.2 Å². The second kappa shape index (κ2) is 6.68. The lowest BCUT2D eigenvalue weighted by atomic mass is 9.89. The molecule has 1 N–H and O–H groups in total. The zero-order chi connectivity index (χ0) is 19.2. The van der Waals surface area contributed by atoms with Crippen LogP contribution in [0, 0.1) is 5.41 Å². The molecule has 0 bridgehead atoms. The summed E-state index contributed by atoms with van der Waals surface area (Å²) in [5.74, 6) is -0.341. The molecule has 0 radical (unpaired) electrons. The van der Waals surface area contributed by atoms with Crippen LogP contribution in [-0.4, -0.2) is 26.9 Å². The van der Waals surface area contributed by atoms with Crippen LogP contribution < -0.4 is 5.32 Å². The maximum Gasteiger partial charge on any atom is 0.244 e. The standard InChI is InChI=1S/C16H20Cl2F2N4O/c1-15(2,3)24-12-9(6-8(17)11(18)23-12)21-14(24)22-10(25)7-16(4,5)13(19)20/h6,13H,7H2,1-5H3,(H,21,22,25). The third kappa shape index (κ3) is 4.20. The van der Waals surface area contributed by atoms with Crippen molar-refractivity contribution in [3.05, 3.63) is 16.2 Å². The number of anilines is 1. The van der Waals surface area contributed by atoms with Crippen LogP contribution in [0.1, 0.15) is 41.0 Å². The monoisotopic (exact) mass is 392 g/mol. The van der Waals surface area contributed by atoms with E-state index in [1.165, 1.54) is 13.8 Å². The maximum atomic E-state index is 13.0. The zero-order valence-electron chi connectivity index (χ0n) is 14.6. The molecule has 138 valence electrons. The lowest BCUT2D eigenvalue weighted by molar-refractivity contribution is -0.120. The van der Waals surface area contributed by atoms with E-state index in [9.17, 15) is 13.6 Å². The highest BCUT2D eigenvalue weighted by Gasteiger charge is 2.33. The first-order valence-electron chi connectivity index (χ1n) is 7.66. The first kappa shape index (κ1) is 19.8. The van der Waals surface area contributed by atoms with Crippen LogP contribution in [0.15, 0.2) is 6.07 Å². The van der Waals surface area contributed by atoms with E-state index in [0.29, 0.717) is 11.2 Å². The molecule has 2 aromatic rings. The van der Waals surface area contributed by atoms with Gasteiger partial charge in [-0.3, -0.25) is 14.7 Å². The van der Waals surface area contributed by atoms with Crippen molar-refractivity contribution >= 4 is 46.2 Å². The number of pyridine rings is 1. The van der Waals surface area contributed by atoms with Gasteiger partial charge in [0, 0.05) is 17.4 Å². The number of nitrogens with one attached hydrogen (secondary N) is 1. The normalized spacial score (nSPS) is 12.9. The minimum atomic E-state index is -2.61. The van der Waals surface area contributed by atoms with Gasteiger partial charge in [-0.1, -0.05) is 37.0 Å². The number of alkyl halides is 2. The van der Waals surface area contributed by atoms with Gasteiger partial charge in [-0.2, -0.15) is 0 Å². The molecule has 0 aromatic carbocycles. The van der Waals surface area contributed by atoms with Crippen molar-refractivity contribution in [2.45, 2.75) is 53.0 Å². The number of rotatable bonds is 4. The van der Waals surface area contributed by atoms with Crippen LogP contribution in [-0.2, 0) is 10.3 Å². The number of nitrogens with zero attached hydrogens (tertiary/aromatic N) is 3. The maximum absolute atomic E-state index is 13.0. The molecule has 2 heterocycles. The number of fused-ring (bicyclic) bond motifs is 1. The highest BCUT2D eigenvalue weighted by molar-refractivity contribution is 6.41. The molecular weight excluding hydrogens is 373 g/mol. The number of carbonyl (C=O) groups excluding carboxylic acids is 1. The molecule has 2 rings (SSSR count). The van der Waals surface area contributed by atoms with Crippen LogP contribution in [0.3, 0.4) is 0 Å². The van der Waals surface area contributed by atoms with Gasteiger partial charge in [-0.15, -0.1) is 0 Å². The number of hydrogen-bond donors (Lipinski definition) is 1. The first-order valence-corrected chi connectivity index (χ1v) is 8.41. The number of hydrogen-bond acceptors (Lipinski definition) is 3. The Morgan fingerprint density at radius 1 is 1.24 bits per heavy atom. The molecule has 0 spiro atoms. The van der Waals surface area contributed by atoms with E-state index in [1.807, 2.05) is 20.8 Å². The van der Waals surface area contributed by atoms with Gasteiger partial charge in [0.1, 0.15) is 10.7 Å². The number of amides is 1. The van der Waals surface area contributed by atoms with Gasteiger partial charge in [-0.25, -0.2) is 18.7 Å². The SMILES string of the molecule is CC(C)(CC(=O)Nc1nc2cc(Cl)c(Cl)nc2n1C(C)(C)C)C(F)F. The quantitative estimate of drug-likeness (QED) is 0.735. The summed E-state index contributed by atoms with van der Waals surface area (Å²) in [6.07, 6.45) is -2.95. The lowest BCUT2D eigenvalue weighted by Gasteiger charge is -2.25. The average Bonchev–Trinajstić information content (AvgIpc) is 2.74. The fourth-order valence-electron chi connectivity index (χ4n) is 2.34. The van der Waals surface area contributed by atoms with Crippen molar-refractivity contribution in [2.24, 2.45) is 5.41 Å². The average molecular weight is 393 g/mol. The molecule has 0 saturated heterocycles. The van der Waals surface area contributed by atoms with E-state index < -0.39 is 23.3 Å². The Labute approximate surface area is 154 Å². The highest BCUT2D eigenvalue weighted by Crippen LogP contribution is 2.32. The Kier molecular flexibility index (Phi) is 5.31. The summed E-state index contributed by atoms with van der Waals surface area (Å²) in [6, 6.07) is 1.55. The van der Waals surface area contributed by atoms with Gasteiger partial charge in [0.2, 0.25) is 18.3 Å². The molecule has 1 amide bonds. The molecule has 0 aliphatic carbocycles. The van der Waals surface area contributed by atoms with E-state index in [0.717, 1.165) is 0 Å². The molecule has 0 saturated carbocycles. The fraction of sp³-hybridized carbons (Fsp3) is 0.562. The third-order valence-electron chi connectivity index (χ3n) is 3.67. The number of carbonyl (C=O) groups is 1. The molecular formula is C16H20Cl2F2N4O. The molecule has 5 nitrogen and oxygen atoms in total. The van der Waals surface area contributed by atoms with Gasteiger partial charge in [0.05, 0.1) is 5.02 Å². The van der Waals surface area contributed by atoms with Crippen LogP contribution in [0.5, 0.6) is 0 Å². The van der Waals surface area contributed by atoms with Gasteiger partial charge < -0.3 is 0 Å². The number of imidazole rings is 1. The van der Waals surface area contributed by atoms with Gasteiger partial charge >= 0.3 is 0 Å². The van der Waals surface area contributed by atoms with Crippen LogP contribution >= 0.6 is 23.2 Å². The molecule has 25 heavy (non-hydrogen) atoms.